The third kappa shape index (κ3) is 4.57. The normalized spacial score (nSPS) is 11.3. The Morgan fingerprint density at radius 1 is 1.39 bits per heavy atom. The number of fused-ring (bicyclic) bond motifs is 1. The smallest absolute Gasteiger partial charge is 0.227 e. The van der Waals surface area contributed by atoms with Crippen molar-refractivity contribution in [1.82, 2.24) is 10.3 Å². The number of amides is 1. The Hall–Kier alpha value is -0.880. The molecule has 0 aliphatic carbocycles. The van der Waals surface area contributed by atoms with Gasteiger partial charge in [0, 0.05) is 24.5 Å². The van der Waals surface area contributed by atoms with Crippen molar-refractivity contribution < 1.29 is 4.79 Å². The Balaban J connectivity index is 0.00000264. The second-order valence-corrected chi connectivity index (χ2v) is 6.97. The minimum atomic E-state index is -0.443. The highest BCUT2D eigenvalue weighted by Crippen LogP contribution is 2.26. The summed E-state index contributed by atoms with van der Waals surface area (Å²) in [7, 11) is 0. The predicted octanol–water partition coefficient (Wildman–Crippen LogP) is 3.80. The zero-order valence-electron chi connectivity index (χ0n) is 13.4. The molecule has 0 atom stereocenters. The number of hydrogen-bond donors (Lipinski definition) is 2. The van der Waals surface area contributed by atoms with Gasteiger partial charge in [-0.25, -0.2) is 4.98 Å². The molecular weight excluding hydrogens is 353 g/mol. The molecule has 1 amide bonds. The summed E-state index contributed by atoms with van der Waals surface area (Å²) in [4.78, 5) is 16.9. The van der Waals surface area contributed by atoms with Crippen molar-refractivity contribution in [3.63, 3.8) is 0 Å². The van der Waals surface area contributed by atoms with Crippen molar-refractivity contribution in [1.29, 1.82) is 0 Å². The molecule has 7 heteroatoms. The van der Waals surface area contributed by atoms with Crippen LogP contribution in [0.3, 0.4) is 0 Å². The summed E-state index contributed by atoms with van der Waals surface area (Å²) in [6, 6.07) is 5.71. The van der Waals surface area contributed by atoms with Crippen LogP contribution in [0, 0.1) is 5.41 Å². The third-order valence-electron chi connectivity index (χ3n) is 4.24. The maximum absolute atomic E-state index is 12.3. The van der Waals surface area contributed by atoms with Gasteiger partial charge >= 0.3 is 0 Å². The summed E-state index contributed by atoms with van der Waals surface area (Å²) in [6.07, 6.45) is 2.23. The van der Waals surface area contributed by atoms with E-state index in [2.05, 4.69) is 10.3 Å². The van der Waals surface area contributed by atoms with Crippen molar-refractivity contribution in [3.8, 4) is 0 Å². The first-order valence-corrected chi connectivity index (χ1v) is 8.77. The van der Waals surface area contributed by atoms with Crippen LogP contribution in [-0.2, 0) is 11.2 Å². The fourth-order valence-electron chi connectivity index (χ4n) is 2.48. The van der Waals surface area contributed by atoms with E-state index in [-0.39, 0.29) is 18.3 Å². The van der Waals surface area contributed by atoms with Gasteiger partial charge in [-0.1, -0.05) is 25.4 Å². The zero-order valence-corrected chi connectivity index (χ0v) is 15.8. The predicted molar refractivity (Wildman–Crippen MR) is 101 cm³/mol. The van der Waals surface area contributed by atoms with E-state index in [9.17, 15) is 4.79 Å². The number of nitrogens with two attached hydrogens (primary N) is 1. The van der Waals surface area contributed by atoms with Crippen LogP contribution >= 0.6 is 35.3 Å². The van der Waals surface area contributed by atoms with E-state index in [1.807, 2.05) is 32.0 Å². The SMILES string of the molecule is CCC(CC)(CN)C(=O)NCCc1nc2cc(Cl)ccc2s1.Cl. The molecule has 23 heavy (non-hydrogen) atoms. The molecule has 2 aromatic rings. The summed E-state index contributed by atoms with van der Waals surface area (Å²) < 4.78 is 1.11. The third-order valence-corrected chi connectivity index (χ3v) is 5.58. The lowest BCUT2D eigenvalue weighted by atomic mass is 9.81. The molecule has 128 valence electrons. The maximum Gasteiger partial charge on any atom is 0.227 e. The van der Waals surface area contributed by atoms with Gasteiger partial charge < -0.3 is 11.1 Å². The molecule has 4 nitrogen and oxygen atoms in total. The molecule has 0 aliphatic heterocycles. The van der Waals surface area contributed by atoms with Gasteiger partial charge in [0.1, 0.15) is 0 Å². The number of nitrogens with zero attached hydrogens (tertiary/aromatic N) is 1. The molecule has 0 bridgehead atoms. The molecule has 0 spiro atoms. The van der Waals surface area contributed by atoms with Gasteiger partial charge in [0.15, 0.2) is 0 Å². The van der Waals surface area contributed by atoms with E-state index in [0.29, 0.717) is 18.1 Å². The molecule has 0 aliphatic rings. The van der Waals surface area contributed by atoms with Crippen LogP contribution in [0.4, 0.5) is 0 Å². The molecule has 3 N–H and O–H groups in total. The monoisotopic (exact) mass is 375 g/mol. The van der Waals surface area contributed by atoms with E-state index < -0.39 is 5.41 Å². The molecule has 0 saturated heterocycles. The quantitative estimate of drug-likeness (QED) is 0.773. The van der Waals surface area contributed by atoms with Gasteiger partial charge in [0.25, 0.3) is 0 Å². The van der Waals surface area contributed by atoms with Gasteiger partial charge in [-0.05, 0) is 31.0 Å². The highest BCUT2D eigenvalue weighted by atomic mass is 35.5. The molecule has 0 saturated carbocycles. The molecule has 1 heterocycles. The number of hydrogen-bond acceptors (Lipinski definition) is 4. The average molecular weight is 376 g/mol. The van der Waals surface area contributed by atoms with E-state index in [1.165, 1.54) is 0 Å². The second-order valence-electron chi connectivity index (χ2n) is 5.42. The average Bonchev–Trinajstić information content (AvgIpc) is 2.91. The minimum Gasteiger partial charge on any atom is -0.355 e. The molecule has 0 fully saturated rings. The van der Waals surface area contributed by atoms with Crippen molar-refractivity contribution in [3.05, 3.63) is 28.2 Å². The zero-order chi connectivity index (χ0) is 16.2. The van der Waals surface area contributed by atoms with Crippen LogP contribution in [-0.4, -0.2) is 24.0 Å². The highest BCUT2D eigenvalue weighted by Gasteiger charge is 2.32. The van der Waals surface area contributed by atoms with Crippen LogP contribution in [0.15, 0.2) is 18.2 Å². The maximum atomic E-state index is 12.3. The van der Waals surface area contributed by atoms with E-state index >= 15 is 0 Å². The van der Waals surface area contributed by atoms with Crippen molar-refractivity contribution in [2.24, 2.45) is 11.1 Å². The number of benzene rings is 1. The lowest BCUT2D eigenvalue weighted by Gasteiger charge is -2.28. The number of rotatable bonds is 7. The Morgan fingerprint density at radius 2 is 2.09 bits per heavy atom. The molecule has 1 aromatic carbocycles. The minimum absolute atomic E-state index is 0. The van der Waals surface area contributed by atoms with Gasteiger partial charge in [0.2, 0.25) is 5.91 Å². The first-order chi connectivity index (χ1) is 10.5. The van der Waals surface area contributed by atoms with Crippen LogP contribution in [0.1, 0.15) is 31.7 Å². The summed E-state index contributed by atoms with van der Waals surface area (Å²) in [5, 5.41) is 4.70. The van der Waals surface area contributed by atoms with Crippen LogP contribution in [0.5, 0.6) is 0 Å². The summed E-state index contributed by atoms with van der Waals surface area (Å²) in [5.41, 5.74) is 6.26. The van der Waals surface area contributed by atoms with Crippen molar-refractivity contribution in [2.75, 3.05) is 13.1 Å². The number of thiazole rings is 1. The summed E-state index contributed by atoms with van der Waals surface area (Å²) in [5.74, 6) is 0.0455. The van der Waals surface area contributed by atoms with Gasteiger partial charge in [0.05, 0.1) is 20.6 Å². The van der Waals surface area contributed by atoms with E-state index in [0.717, 1.165) is 34.5 Å². The Labute approximate surface area is 152 Å². The van der Waals surface area contributed by atoms with Crippen molar-refractivity contribution >= 4 is 51.5 Å². The first kappa shape index (κ1) is 20.2. The molecule has 2 rings (SSSR count). The van der Waals surface area contributed by atoms with Gasteiger partial charge in [-0.2, -0.15) is 0 Å². The molecule has 1 aromatic heterocycles. The largest absolute Gasteiger partial charge is 0.355 e. The molecule has 0 unspecified atom stereocenters. The lowest BCUT2D eigenvalue weighted by molar-refractivity contribution is -0.131. The number of carbonyl (C=O) groups excluding carboxylic acids is 1. The number of aromatic nitrogens is 1. The van der Waals surface area contributed by atoms with Crippen LogP contribution < -0.4 is 11.1 Å². The second kappa shape index (κ2) is 8.83. The highest BCUT2D eigenvalue weighted by molar-refractivity contribution is 7.18. The van der Waals surface area contributed by atoms with Crippen LogP contribution in [0.25, 0.3) is 10.2 Å². The number of carbonyl (C=O) groups is 1. The standard InChI is InChI=1S/C16H22ClN3OS.ClH/c1-3-16(4-2,10-18)15(21)19-8-7-14-20-12-9-11(17)5-6-13(12)22-14;/h5-6,9H,3-4,7-8,10,18H2,1-2H3,(H,19,21);1H. The fourth-order valence-corrected chi connectivity index (χ4v) is 3.59. The number of halogens is 2. The topological polar surface area (TPSA) is 68.0 Å². The van der Waals surface area contributed by atoms with E-state index in [1.54, 1.807) is 11.3 Å². The fraction of sp³-hybridized carbons (Fsp3) is 0.500. The Morgan fingerprint density at radius 3 is 2.70 bits per heavy atom. The van der Waals surface area contributed by atoms with E-state index in [4.69, 9.17) is 17.3 Å². The van der Waals surface area contributed by atoms with Gasteiger partial charge in [-0.3, -0.25) is 4.79 Å². The molecular formula is C16H23Cl2N3OS. The summed E-state index contributed by atoms with van der Waals surface area (Å²) in [6.45, 7) is 4.97. The molecule has 0 radical (unpaired) electrons. The van der Waals surface area contributed by atoms with Crippen LogP contribution in [0.2, 0.25) is 5.02 Å². The lowest BCUT2D eigenvalue weighted by Crippen LogP contribution is -2.45. The Bertz CT molecular complexity index is 648. The van der Waals surface area contributed by atoms with Crippen molar-refractivity contribution in [2.45, 2.75) is 33.1 Å². The Kier molecular flexibility index (Phi) is 7.74. The van der Waals surface area contributed by atoms with Gasteiger partial charge in [-0.15, -0.1) is 23.7 Å². The summed E-state index contributed by atoms with van der Waals surface area (Å²) >= 11 is 7.60. The number of nitrogens with one attached hydrogen (secondary N) is 1. The first-order valence-electron chi connectivity index (χ1n) is 7.58.